The quantitative estimate of drug-likeness (QED) is 0.354. The van der Waals surface area contributed by atoms with E-state index >= 15 is 0 Å². The molecule has 5 heteroatoms. The normalized spacial score (nSPS) is 9.00. The van der Waals surface area contributed by atoms with Crippen molar-refractivity contribution in [2.75, 3.05) is 6.61 Å². The van der Waals surface area contributed by atoms with E-state index < -0.39 is 6.16 Å². The molecule has 0 amide bonds. The van der Waals surface area contributed by atoms with E-state index in [1.54, 1.807) is 0 Å². The molecule has 0 saturated heterocycles. The van der Waals surface area contributed by atoms with Crippen LogP contribution in [-0.4, -0.2) is 17.9 Å². The number of carboxylic acid groups (broad SMARTS) is 1. The highest BCUT2D eigenvalue weighted by atomic mass is 17.5. The summed E-state index contributed by atoms with van der Waals surface area (Å²) >= 11 is 0. The van der Waals surface area contributed by atoms with E-state index in [-0.39, 0.29) is 0 Å². The molecule has 0 aromatic carbocycles. The topological polar surface area (TPSA) is 65.0 Å². The van der Waals surface area contributed by atoms with Crippen molar-refractivity contribution in [2.45, 2.75) is 13.3 Å². The third-order valence-electron chi connectivity index (χ3n) is 0.441. The Balaban J connectivity index is 2.83. The van der Waals surface area contributed by atoms with Crippen LogP contribution in [0.3, 0.4) is 0 Å². The largest absolute Gasteiger partial charge is 0.540 e. The summed E-state index contributed by atoms with van der Waals surface area (Å²) in [6, 6.07) is 0. The Bertz CT molecular complexity index is 81.0. The van der Waals surface area contributed by atoms with Gasteiger partial charge in [-0.25, -0.2) is 9.68 Å². The third kappa shape index (κ3) is 7.19. The van der Waals surface area contributed by atoms with E-state index in [1.807, 2.05) is 6.92 Å². The van der Waals surface area contributed by atoms with E-state index in [2.05, 4.69) is 14.8 Å². The van der Waals surface area contributed by atoms with Crippen LogP contribution in [-0.2, 0) is 14.8 Å². The van der Waals surface area contributed by atoms with Crippen molar-refractivity contribution in [1.82, 2.24) is 0 Å². The molecular formula is C4H8O5. The van der Waals surface area contributed by atoms with Crippen molar-refractivity contribution in [3.05, 3.63) is 0 Å². The van der Waals surface area contributed by atoms with Crippen LogP contribution < -0.4 is 0 Å². The second-order valence-corrected chi connectivity index (χ2v) is 1.24. The Morgan fingerprint density at radius 2 is 2.33 bits per heavy atom. The molecule has 1 N–H and O–H groups in total. The number of carbonyl (C=O) groups is 1. The van der Waals surface area contributed by atoms with Gasteiger partial charge in [-0.15, -0.1) is 0 Å². The molecule has 9 heavy (non-hydrogen) atoms. The van der Waals surface area contributed by atoms with Crippen molar-refractivity contribution in [3.63, 3.8) is 0 Å². The van der Waals surface area contributed by atoms with Gasteiger partial charge < -0.3 is 5.11 Å². The first-order valence-electron chi connectivity index (χ1n) is 2.46. The van der Waals surface area contributed by atoms with Gasteiger partial charge in [0.2, 0.25) is 0 Å². The van der Waals surface area contributed by atoms with Crippen LogP contribution >= 0.6 is 0 Å². The highest BCUT2D eigenvalue weighted by molar-refractivity contribution is 5.55. The maximum atomic E-state index is 9.54. The molecule has 0 bridgehead atoms. The summed E-state index contributed by atoms with van der Waals surface area (Å²) in [4.78, 5) is 17.3. The van der Waals surface area contributed by atoms with Gasteiger partial charge in [0.15, 0.2) is 0 Å². The Hall–Kier alpha value is -0.810. The molecule has 0 atom stereocenters. The fraction of sp³-hybridized carbons (Fsp3) is 0.750. The minimum absolute atomic E-state index is 0.313. The van der Waals surface area contributed by atoms with Gasteiger partial charge in [0.25, 0.3) is 0 Å². The van der Waals surface area contributed by atoms with Gasteiger partial charge >= 0.3 is 6.16 Å². The van der Waals surface area contributed by atoms with E-state index in [9.17, 15) is 4.79 Å². The van der Waals surface area contributed by atoms with Gasteiger partial charge in [-0.05, 0) is 11.5 Å². The van der Waals surface area contributed by atoms with Gasteiger partial charge in [-0.3, -0.25) is 0 Å². The zero-order valence-electron chi connectivity index (χ0n) is 4.99. The van der Waals surface area contributed by atoms with Gasteiger partial charge in [-0.2, -0.15) is 4.89 Å². The molecule has 54 valence electrons. The first-order valence-corrected chi connectivity index (χ1v) is 2.46. The van der Waals surface area contributed by atoms with E-state index in [4.69, 9.17) is 5.11 Å². The van der Waals surface area contributed by atoms with Gasteiger partial charge in [0.1, 0.15) is 0 Å². The average molecular weight is 136 g/mol. The van der Waals surface area contributed by atoms with Crippen molar-refractivity contribution < 1.29 is 24.7 Å². The van der Waals surface area contributed by atoms with Crippen LogP contribution in [0.2, 0.25) is 0 Å². The lowest BCUT2D eigenvalue weighted by molar-refractivity contribution is -0.485. The maximum absolute atomic E-state index is 9.54. The van der Waals surface area contributed by atoms with E-state index in [0.29, 0.717) is 6.61 Å². The molecule has 0 aliphatic heterocycles. The second kappa shape index (κ2) is 5.33. The first-order chi connectivity index (χ1) is 4.27. The molecule has 5 nitrogen and oxygen atoms in total. The lowest BCUT2D eigenvalue weighted by atomic mass is 10.5. The molecular weight excluding hydrogens is 128 g/mol. The Morgan fingerprint density at radius 1 is 1.67 bits per heavy atom. The standard InChI is InChI=1S/C4H8O5/c1-2-3-7-9-8-4(5)6/h2-3H2,1H3,(H,5,6). The zero-order valence-corrected chi connectivity index (χ0v) is 4.99. The summed E-state index contributed by atoms with van der Waals surface area (Å²) in [5.74, 6) is 0. The summed E-state index contributed by atoms with van der Waals surface area (Å²) in [6.45, 7) is 2.16. The molecule has 0 spiro atoms. The fourth-order valence-corrected chi connectivity index (χ4v) is 0.171. The highest BCUT2D eigenvalue weighted by Crippen LogP contribution is 1.84. The van der Waals surface area contributed by atoms with E-state index in [0.717, 1.165) is 6.42 Å². The molecule has 0 fully saturated rings. The molecule has 0 unspecified atom stereocenters. The summed E-state index contributed by atoms with van der Waals surface area (Å²) in [6.07, 6.45) is -0.783. The van der Waals surface area contributed by atoms with Crippen LogP contribution in [0.4, 0.5) is 4.79 Å². The average Bonchev–Trinajstić information content (AvgIpc) is 1.80. The van der Waals surface area contributed by atoms with Crippen LogP contribution in [0, 0.1) is 0 Å². The molecule has 0 saturated carbocycles. The van der Waals surface area contributed by atoms with Crippen LogP contribution in [0.5, 0.6) is 0 Å². The molecule has 0 aromatic heterocycles. The maximum Gasteiger partial charge on any atom is 0.540 e. The zero-order chi connectivity index (χ0) is 7.11. The molecule has 0 aliphatic rings. The molecule has 0 heterocycles. The van der Waals surface area contributed by atoms with Crippen LogP contribution in [0.1, 0.15) is 13.3 Å². The van der Waals surface area contributed by atoms with Crippen LogP contribution in [0.25, 0.3) is 0 Å². The van der Waals surface area contributed by atoms with Crippen molar-refractivity contribution in [1.29, 1.82) is 0 Å². The lowest BCUT2D eigenvalue weighted by Gasteiger charge is -1.95. The molecule has 0 aromatic rings. The van der Waals surface area contributed by atoms with Crippen LogP contribution in [0.15, 0.2) is 0 Å². The summed E-state index contributed by atoms with van der Waals surface area (Å²) in [5, 5.41) is 11.5. The number of rotatable bonds is 4. The van der Waals surface area contributed by atoms with Crippen molar-refractivity contribution >= 4 is 6.16 Å². The number of hydrogen-bond acceptors (Lipinski definition) is 4. The SMILES string of the molecule is CCCOOOC(=O)O. The Kier molecular flexibility index (Phi) is 4.85. The van der Waals surface area contributed by atoms with Gasteiger partial charge in [0, 0.05) is 0 Å². The minimum atomic E-state index is -1.52. The number of hydrogen-bond donors (Lipinski definition) is 1. The Labute approximate surface area is 52.0 Å². The monoisotopic (exact) mass is 136 g/mol. The highest BCUT2D eigenvalue weighted by Gasteiger charge is 1.95. The van der Waals surface area contributed by atoms with E-state index in [1.165, 1.54) is 0 Å². The lowest BCUT2D eigenvalue weighted by Crippen LogP contribution is -2.02. The summed E-state index contributed by atoms with van der Waals surface area (Å²) < 4.78 is 0. The summed E-state index contributed by atoms with van der Waals surface area (Å²) in [7, 11) is 0. The second-order valence-electron chi connectivity index (χ2n) is 1.24. The fourth-order valence-electron chi connectivity index (χ4n) is 0.171. The van der Waals surface area contributed by atoms with Gasteiger partial charge in [-0.1, -0.05) is 6.92 Å². The van der Waals surface area contributed by atoms with Crippen molar-refractivity contribution in [3.8, 4) is 0 Å². The third-order valence-corrected chi connectivity index (χ3v) is 0.441. The molecule has 0 aliphatic carbocycles. The van der Waals surface area contributed by atoms with Gasteiger partial charge in [0.05, 0.1) is 6.61 Å². The predicted octanol–water partition coefficient (Wildman–Crippen LogP) is 0.954. The Morgan fingerprint density at radius 3 is 2.78 bits per heavy atom. The summed E-state index contributed by atoms with van der Waals surface area (Å²) in [5.41, 5.74) is 0. The van der Waals surface area contributed by atoms with Crippen molar-refractivity contribution in [2.24, 2.45) is 0 Å². The molecule has 0 rings (SSSR count). The first kappa shape index (κ1) is 8.19. The minimum Gasteiger partial charge on any atom is -0.448 e. The molecule has 0 radical (unpaired) electrons. The predicted molar refractivity (Wildman–Crippen MR) is 26.4 cm³/mol. The smallest absolute Gasteiger partial charge is 0.448 e.